The highest BCUT2D eigenvalue weighted by atomic mass is 16.5. The first kappa shape index (κ1) is 14.7. The molecule has 2 rings (SSSR count). The lowest BCUT2D eigenvalue weighted by Crippen LogP contribution is -2.45. The molecule has 0 radical (unpaired) electrons. The number of hydrogen-bond acceptors (Lipinski definition) is 5. The zero-order valence-electron chi connectivity index (χ0n) is 11.5. The number of fused-ring (bicyclic) bond motifs is 1. The standard InChI is InChI=1S/C14H14N2O5/c1-7(14(20)21-8(2)11(15)17)16-12(18)9-5-3-4-6-10(9)13(16)19/h3-8H,1-2H3,(H2,15,17)/t7-,8-/m1/s1. The Bertz CT molecular complexity index is 605. The fraction of sp³-hybridized carbons (Fsp3) is 0.286. The quantitative estimate of drug-likeness (QED) is 0.624. The maximum Gasteiger partial charge on any atom is 0.329 e. The molecule has 2 atom stereocenters. The molecular weight excluding hydrogens is 276 g/mol. The van der Waals surface area contributed by atoms with Crippen molar-refractivity contribution in [1.82, 2.24) is 4.90 Å². The lowest BCUT2D eigenvalue weighted by atomic mass is 10.1. The molecule has 1 heterocycles. The number of nitrogens with two attached hydrogens (primary N) is 1. The molecule has 0 unspecified atom stereocenters. The molecule has 3 amide bonds. The molecule has 1 aliphatic rings. The minimum Gasteiger partial charge on any atom is -0.451 e. The first-order valence-electron chi connectivity index (χ1n) is 6.31. The number of imide groups is 1. The van der Waals surface area contributed by atoms with Gasteiger partial charge >= 0.3 is 5.97 Å². The van der Waals surface area contributed by atoms with Gasteiger partial charge in [-0.25, -0.2) is 4.79 Å². The van der Waals surface area contributed by atoms with E-state index in [1.807, 2.05) is 0 Å². The highest BCUT2D eigenvalue weighted by Crippen LogP contribution is 2.24. The molecule has 0 bridgehead atoms. The molecule has 0 aliphatic carbocycles. The molecule has 0 saturated heterocycles. The van der Waals surface area contributed by atoms with E-state index in [1.54, 1.807) is 12.1 Å². The van der Waals surface area contributed by atoms with Gasteiger partial charge in [-0.3, -0.25) is 19.3 Å². The normalized spacial score (nSPS) is 16.4. The van der Waals surface area contributed by atoms with Crippen molar-refractivity contribution >= 4 is 23.7 Å². The van der Waals surface area contributed by atoms with E-state index in [0.717, 1.165) is 4.90 Å². The Kier molecular flexibility index (Phi) is 3.75. The van der Waals surface area contributed by atoms with Gasteiger partial charge in [0.25, 0.3) is 17.7 Å². The maximum atomic E-state index is 12.2. The number of esters is 1. The molecule has 1 aliphatic heterocycles. The molecular formula is C14H14N2O5. The average Bonchev–Trinajstić information content (AvgIpc) is 2.70. The Morgan fingerprint density at radius 1 is 1.10 bits per heavy atom. The van der Waals surface area contributed by atoms with Crippen LogP contribution in [0.5, 0.6) is 0 Å². The number of carbonyl (C=O) groups excluding carboxylic acids is 4. The summed E-state index contributed by atoms with van der Waals surface area (Å²) in [5.41, 5.74) is 5.48. The van der Waals surface area contributed by atoms with Crippen molar-refractivity contribution in [3.63, 3.8) is 0 Å². The van der Waals surface area contributed by atoms with Gasteiger partial charge in [-0.05, 0) is 26.0 Å². The number of ether oxygens (including phenoxy) is 1. The van der Waals surface area contributed by atoms with Gasteiger partial charge in [0, 0.05) is 0 Å². The fourth-order valence-corrected chi connectivity index (χ4v) is 2.00. The minimum atomic E-state index is -1.14. The van der Waals surface area contributed by atoms with Gasteiger partial charge < -0.3 is 10.5 Å². The number of hydrogen-bond donors (Lipinski definition) is 1. The van der Waals surface area contributed by atoms with Crippen molar-refractivity contribution in [2.75, 3.05) is 0 Å². The molecule has 1 aromatic carbocycles. The van der Waals surface area contributed by atoms with Crippen molar-refractivity contribution in [2.24, 2.45) is 5.73 Å². The monoisotopic (exact) mass is 290 g/mol. The Labute approximate surface area is 120 Å². The molecule has 0 aromatic heterocycles. The lowest BCUT2D eigenvalue weighted by Gasteiger charge is -2.22. The summed E-state index contributed by atoms with van der Waals surface area (Å²) < 4.78 is 4.82. The van der Waals surface area contributed by atoms with E-state index in [1.165, 1.54) is 26.0 Å². The summed E-state index contributed by atoms with van der Waals surface area (Å²) in [6, 6.07) is 5.15. The van der Waals surface area contributed by atoms with Crippen molar-refractivity contribution in [3.05, 3.63) is 35.4 Å². The third-order valence-electron chi connectivity index (χ3n) is 3.25. The molecule has 2 N–H and O–H groups in total. The van der Waals surface area contributed by atoms with Crippen molar-refractivity contribution in [2.45, 2.75) is 26.0 Å². The number of carbonyl (C=O) groups is 4. The second-order valence-corrected chi connectivity index (χ2v) is 4.68. The van der Waals surface area contributed by atoms with Gasteiger partial charge in [0.15, 0.2) is 6.10 Å². The average molecular weight is 290 g/mol. The van der Waals surface area contributed by atoms with Crippen LogP contribution in [-0.4, -0.2) is 40.7 Å². The molecule has 0 spiro atoms. The van der Waals surface area contributed by atoms with Crippen molar-refractivity contribution < 1.29 is 23.9 Å². The Morgan fingerprint density at radius 3 is 2.00 bits per heavy atom. The molecule has 7 nitrogen and oxygen atoms in total. The Morgan fingerprint density at radius 2 is 1.57 bits per heavy atom. The van der Waals surface area contributed by atoms with Crippen LogP contribution < -0.4 is 5.73 Å². The third kappa shape index (κ3) is 2.49. The highest BCUT2D eigenvalue weighted by molar-refractivity contribution is 6.22. The number of benzene rings is 1. The molecule has 1 aromatic rings. The Hall–Kier alpha value is -2.70. The fourth-order valence-electron chi connectivity index (χ4n) is 2.00. The number of amides is 3. The smallest absolute Gasteiger partial charge is 0.329 e. The first-order valence-corrected chi connectivity index (χ1v) is 6.31. The first-order chi connectivity index (χ1) is 9.84. The summed E-state index contributed by atoms with van der Waals surface area (Å²) in [6.07, 6.45) is -1.13. The van der Waals surface area contributed by atoms with E-state index in [0.29, 0.717) is 0 Å². The number of nitrogens with zero attached hydrogens (tertiary/aromatic N) is 1. The van der Waals surface area contributed by atoms with Gasteiger partial charge in [0.05, 0.1) is 11.1 Å². The molecule has 0 fully saturated rings. The maximum absolute atomic E-state index is 12.2. The van der Waals surface area contributed by atoms with Crippen LogP contribution in [0.25, 0.3) is 0 Å². The van der Waals surface area contributed by atoms with Crippen LogP contribution in [0, 0.1) is 0 Å². The predicted molar refractivity (Wildman–Crippen MR) is 71.2 cm³/mol. The Balaban J connectivity index is 2.20. The molecule has 21 heavy (non-hydrogen) atoms. The summed E-state index contributed by atoms with van der Waals surface area (Å²) in [7, 11) is 0. The van der Waals surface area contributed by atoms with Gasteiger partial charge in [0.1, 0.15) is 6.04 Å². The minimum absolute atomic E-state index is 0.241. The van der Waals surface area contributed by atoms with E-state index in [2.05, 4.69) is 0 Å². The number of primary amides is 1. The van der Waals surface area contributed by atoms with Gasteiger partial charge in [-0.2, -0.15) is 0 Å². The van der Waals surface area contributed by atoms with Crippen molar-refractivity contribution in [1.29, 1.82) is 0 Å². The predicted octanol–water partition coefficient (Wildman–Crippen LogP) is 0.0881. The van der Waals surface area contributed by atoms with Gasteiger partial charge in [-0.1, -0.05) is 12.1 Å². The number of rotatable bonds is 4. The van der Waals surface area contributed by atoms with E-state index < -0.39 is 35.8 Å². The second-order valence-electron chi connectivity index (χ2n) is 4.68. The molecule has 7 heteroatoms. The van der Waals surface area contributed by atoms with E-state index in [9.17, 15) is 19.2 Å². The van der Waals surface area contributed by atoms with Crippen LogP contribution in [-0.2, 0) is 14.3 Å². The zero-order valence-corrected chi connectivity index (χ0v) is 11.5. The molecule has 0 saturated carbocycles. The van der Waals surface area contributed by atoms with Gasteiger partial charge in [0.2, 0.25) is 0 Å². The summed E-state index contributed by atoms with van der Waals surface area (Å²) >= 11 is 0. The van der Waals surface area contributed by atoms with Crippen LogP contribution in [0.1, 0.15) is 34.6 Å². The van der Waals surface area contributed by atoms with Crippen LogP contribution in [0.4, 0.5) is 0 Å². The van der Waals surface area contributed by atoms with E-state index in [4.69, 9.17) is 10.5 Å². The summed E-state index contributed by atoms with van der Waals surface area (Å²) in [5, 5.41) is 0. The van der Waals surface area contributed by atoms with Crippen molar-refractivity contribution in [3.8, 4) is 0 Å². The van der Waals surface area contributed by atoms with Crippen LogP contribution in [0.3, 0.4) is 0 Å². The van der Waals surface area contributed by atoms with E-state index >= 15 is 0 Å². The SMILES string of the molecule is C[C@H](C(=O)O[C@H](C)C(N)=O)N1C(=O)c2ccccc2C1=O. The highest BCUT2D eigenvalue weighted by Gasteiger charge is 2.41. The second kappa shape index (κ2) is 5.35. The van der Waals surface area contributed by atoms with E-state index in [-0.39, 0.29) is 11.1 Å². The summed E-state index contributed by atoms with van der Waals surface area (Å²) in [5.74, 6) is -2.80. The van der Waals surface area contributed by atoms with Crippen LogP contribution in [0.2, 0.25) is 0 Å². The summed E-state index contributed by atoms with van der Waals surface area (Å²) in [6.45, 7) is 2.67. The van der Waals surface area contributed by atoms with Crippen LogP contribution >= 0.6 is 0 Å². The molecule has 110 valence electrons. The lowest BCUT2D eigenvalue weighted by molar-refractivity contribution is -0.157. The van der Waals surface area contributed by atoms with Crippen LogP contribution in [0.15, 0.2) is 24.3 Å². The largest absolute Gasteiger partial charge is 0.451 e. The van der Waals surface area contributed by atoms with Gasteiger partial charge in [-0.15, -0.1) is 0 Å². The summed E-state index contributed by atoms with van der Waals surface area (Å²) in [4.78, 5) is 48.0. The third-order valence-corrected chi connectivity index (χ3v) is 3.25. The topological polar surface area (TPSA) is 107 Å². The zero-order chi connectivity index (χ0) is 15.7.